The summed E-state index contributed by atoms with van der Waals surface area (Å²) in [6, 6.07) is 1.89. The molecule has 2 amide bonds. The lowest BCUT2D eigenvalue weighted by atomic mass is 10.1. The molecule has 0 bridgehead atoms. The van der Waals surface area contributed by atoms with E-state index in [1.54, 1.807) is 28.0 Å². The van der Waals surface area contributed by atoms with Gasteiger partial charge in [-0.15, -0.1) is 5.10 Å². The molecule has 0 radical (unpaired) electrons. The molecule has 0 saturated carbocycles. The molecule has 8 nitrogen and oxygen atoms in total. The number of carbonyl (C=O) groups is 2. The molecule has 0 spiro atoms. The molecule has 0 aromatic carbocycles. The van der Waals surface area contributed by atoms with Crippen molar-refractivity contribution in [3.05, 3.63) is 40.4 Å². The van der Waals surface area contributed by atoms with Crippen molar-refractivity contribution >= 4 is 27.7 Å². The van der Waals surface area contributed by atoms with Crippen LogP contribution in [0.2, 0.25) is 0 Å². The Morgan fingerprint density at radius 1 is 1.32 bits per heavy atom. The highest BCUT2D eigenvalue weighted by Gasteiger charge is 2.33. The lowest BCUT2D eigenvalue weighted by molar-refractivity contribution is -0.128. The van der Waals surface area contributed by atoms with E-state index < -0.39 is 0 Å². The Labute approximate surface area is 152 Å². The molecular formula is C16H17BrN6O2. The third-order valence-electron chi connectivity index (χ3n) is 4.56. The highest BCUT2D eigenvalue weighted by Crippen LogP contribution is 2.23. The summed E-state index contributed by atoms with van der Waals surface area (Å²) < 4.78 is 2.58. The van der Waals surface area contributed by atoms with Crippen LogP contribution in [0.5, 0.6) is 0 Å². The number of likely N-dealkylation sites (tertiary alicyclic amines) is 2. The molecule has 2 saturated heterocycles. The number of carbonyl (C=O) groups excluding carboxylic acids is 2. The third-order valence-corrected chi connectivity index (χ3v) is 4.99. The first-order chi connectivity index (χ1) is 12.1. The zero-order valence-corrected chi connectivity index (χ0v) is 15.1. The molecule has 9 heteroatoms. The molecule has 2 aromatic heterocycles. The zero-order valence-electron chi connectivity index (χ0n) is 13.5. The van der Waals surface area contributed by atoms with Crippen LogP contribution in [0.25, 0.3) is 0 Å². The number of amides is 2. The maximum atomic E-state index is 12.4. The Morgan fingerprint density at radius 3 is 2.88 bits per heavy atom. The van der Waals surface area contributed by atoms with Crippen molar-refractivity contribution < 1.29 is 9.59 Å². The lowest BCUT2D eigenvalue weighted by Gasteiger charge is -2.38. The summed E-state index contributed by atoms with van der Waals surface area (Å²) >= 11 is 3.33. The van der Waals surface area contributed by atoms with Crippen LogP contribution in [0.15, 0.2) is 29.1 Å². The van der Waals surface area contributed by atoms with Crippen molar-refractivity contribution in [1.29, 1.82) is 0 Å². The van der Waals surface area contributed by atoms with Crippen LogP contribution in [0.4, 0.5) is 0 Å². The number of rotatable bonds is 4. The van der Waals surface area contributed by atoms with E-state index in [-0.39, 0.29) is 17.9 Å². The summed E-state index contributed by atoms with van der Waals surface area (Å²) in [5.74, 6) is 0.144. The molecule has 25 heavy (non-hydrogen) atoms. The van der Waals surface area contributed by atoms with E-state index in [0.29, 0.717) is 31.6 Å². The molecular weight excluding hydrogens is 388 g/mol. The summed E-state index contributed by atoms with van der Waals surface area (Å²) in [5, 5.41) is 8.31. The molecule has 0 unspecified atom stereocenters. The maximum Gasteiger partial charge on any atom is 0.255 e. The highest BCUT2D eigenvalue weighted by molar-refractivity contribution is 9.10. The molecule has 130 valence electrons. The summed E-state index contributed by atoms with van der Waals surface area (Å²) in [6.45, 7) is 2.49. The molecule has 0 aliphatic carbocycles. The van der Waals surface area contributed by atoms with Crippen LogP contribution in [-0.2, 0) is 11.3 Å². The van der Waals surface area contributed by atoms with Gasteiger partial charge in [-0.25, -0.2) is 4.68 Å². The van der Waals surface area contributed by atoms with Gasteiger partial charge in [0.2, 0.25) is 5.91 Å². The van der Waals surface area contributed by atoms with E-state index in [2.05, 4.69) is 31.2 Å². The van der Waals surface area contributed by atoms with Crippen LogP contribution >= 0.6 is 15.9 Å². The summed E-state index contributed by atoms with van der Waals surface area (Å²) in [4.78, 5) is 31.7. The minimum Gasteiger partial charge on any atom is -0.337 e. The predicted molar refractivity (Wildman–Crippen MR) is 91.6 cm³/mol. The van der Waals surface area contributed by atoms with Gasteiger partial charge >= 0.3 is 0 Å². The summed E-state index contributed by atoms with van der Waals surface area (Å²) in [6.07, 6.45) is 6.63. The quantitative estimate of drug-likeness (QED) is 0.765. The molecule has 0 atom stereocenters. The van der Waals surface area contributed by atoms with Crippen molar-refractivity contribution in [2.75, 3.05) is 19.6 Å². The first kappa shape index (κ1) is 16.2. The zero-order chi connectivity index (χ0) is 17.4. The molecule has 2 aliphatic heterocycles. The fraction of sp³-hybridized carbons (Fsp3) is 0.438. The second kappa shape index (κ2) is 6.55. The SMILES string of the molecule is O=C1CCCN1Cc1cn(C2CN(C(=O)c3cncc(Br)c3)C2)nn1. The second-order valence-electron chi connectivity index (χ2n) is 6.36. The molecule has 2 aromatic rings. The topological polar surface area (TPSA) is 84.2 Å². The Balaban J connectivity index is 1.35. The van der Waals surface area contributed by atoms with Gasteiger partial charge in [0.25, 0.3) is 5.91 Å². The fourth-order valence-electron chi connectivity index (χ4n) is 3.13. The van der Waals surface area contributed by atoms with E-state index in [1.807, 2.05) is 11.1 Å². The Bertz CT molecular complexity index is 816. The van der Waals surface area contributed by atoms with Gasteiger partial charge in [-0.05, 0) is 28.4 Å². The Hall–Kier alpha value is -2.29. The molecule has 0 N–H and O–H groups in total. The van der Waals surface area contributed by atoms with Crippen LogP contribution in [0.3, 0.4) is 0 Å². The van der Waals surface area contributed by atoms with Crippen molar-refractivity contribution in [2.45, 2.75) is 25.4 Å². The minimum atomic E-state index is -0.0342. The van der Waals surface area contributed by atoms with Gasteiger partial charge in [-0.3, -0.25) is 14.6 Å². The Kier molecular flexibility index (Phi) is 4.24. The summed E-state index contributed by atoms with van der Waals surface area (Å²) in [5.41, 5.74) is 1.36. The van der Waals surface area contributed by atoms with Gasteiger partial charge < -0.3 is 9.80 Å². The molecule has 4 heterocycles. The van der Waals surface area contributed by atoms with E-state index in [9.17, 15) is 9.59 Å². The third kappa shape index (κ3) is 3.28. The predicted octanol–water partition coefficient (Wildman–Crippen LogP) is 1.26. The van der Waals surface area contributed by atoms with Crippen LogP contribution in [-0.4, -0.2) is 61.2 Å². The largest absolute Gasteiger partial charge is 0.337 e. The van der Waals surface area contributed by atoms with Crippen molar-refractivity contribution in [3.8, 4) is 0 Å². The average Bonchev–Trinajstić information content (AvgIpc) is 3.16. The molecule has 4 rings (SSSR count). The number of halogens is 1. The van der Waals surface area contributed by atoms with Crippen LogP contribution in [0.1, 0.15) is 34.9 Å². The van der Waals surface area contributed by atoms with Gasteiger partial charge in [0.05, 0.1) is 24.3 Å². The van der Waals surface area contributed by atoms with Crippen molar-refractivity contribution in [3.63, 3.8) is 0 Å². The summed E-state index contributed by atoms with van der Waals surface area (Å²) in [7, 11) is 0. The van der Waals surface area contributed by atoms with Gasteiger partial charge in [-0.2, -0.15) is 0 Å². The maximum absolute atomic E-state index is 12.4. The van der Waals surface area contributed by atoms with E-state index in [4.69, 9.17) is 0 Å². The van der Waals surface area contributed by atoms with Gasteiger partial charge in [-0.1, -0.05) is 5.21 Å². The van der Waals surface area contributed by atoms with Gasteiger partial charge in [0.1, 0.15) is 5.69 Å². The first-order valence-corrected chi connectivity index (χ1v) is 8.98. The molecule has 2 fully saturated rings. The normalized spacial score (nSPS) is 17.9. The smallest absolute Gasteiger partial charge is 0.255 e. The van der Waals surface area contributed by atoms with Gasteiger partial charge in [0.15, 0.2) is 0 Å². The molecule has 2 aliphatic rings. The number of pyridine rings is 1. The number of hydrogen-bond donors (Lipinski definition) is 0. The highest BCUT2D eigenvalue weighted by atomic mass is 79.9. The van der Waals surface area contributed by atoms with Crippen LogP contribution < -0.4 is 0 Å². The first-order valence-electron chi connectivity index (χ1n) is 8.18. The number of aromatic nitrogens is 4. The second-order valence-corrected chi connectivity index (χ2v) is 7.28. The van der Waals surface area contributed by atoms with Crippen molar-refractivity contribution in [1.82, 2.24) is 29.8 Å². The fourth-order valence-corrected chi connectivity index (χ4v) is 3.50. The van der Waals surface area contributed by atoms with E-state index in [1.165, 1.54) is 0 Å². The average molecular weight is 405 g/mol. The monoisotopic (exact) mass is 404 g/mol. The standard InChI is InChI=1S/C16H17BrN6O2/c17-12-4-11(5-18-6-12)16(25)22-9-14(10-22)23-8-13(19-20-23)7-21-3-1-2-15(21)24/h4-6,8,14H,1-3,7,9-10H2. The van der Waals surface area contributed by atoms with Crippen LogP contribution in [0, 0.1) is 0 Å². The Morgan fingerprint density at radius 2 is 2.16 bits per heavy atom. The van der Waals surface area contributed by atoms with Crippen molar-refractivity contribution in [2.24, 2.45) is 0 Å². The van der Waals surface area contributed by atoms with E-state index >= 15 is 0 Å². The van der Waals surface area contributed by atoms with E-state index in [0.717, 1.165) is 23.1 Å². The minimum absolute atomic E-state index is 0.0342. The van der Waals surface area contributed by atoms with Gasteiger partial charge in [0, 0.05) is 42.9 Å². The lowest BCUT2D eigenvalue weighted by Crippen LogP contribution is -2.50. The number of hydrogen-bond acceptors (Lipinski definition) is 5. The number of nitrogens with zero attached hydrogens (tertiary/aromatic N) is 6.